The summed E-state index contributed by atoms with van der Waals surface area (Å²) in [5.74, 6) is 0.604. The van der Waals surface area contributed by atoms with Crippen LogP contribution in [0.3, 0.4) is 0 Å². The summed E-state index contributed by atoms with van der Waals surface area (Å²) < 4.78 is 11.1. The fourth-order valence-corrected chi connectivity index (χ4v) is 4.26. The average molecular weight is 440 g/mol. The highest BCUT2D eigenvalue weighted by Crippen LogP contribution is 2.43. The number of aliphatic hydroxyl groups excluding tert-OH is 1. The monoisotopic (exact) mass is 439 g/mol. The Morgan fingerprint density at radius 3 is 2.44 bits per heavy atom. The van der Waals surface area contributed by atoms with Gasteiger partial charge >= 0.3 is 6.09 Å². The van der Waals surface area contributed by atoms with E-state index in [0.29, 0.717) is 36.3 Å². The van der Waals surface area contributed by atoms with Crippen molar-refractivity contribution in [3.8, 4) is 5.75 Å². The van der Waals surface area contributed by atoms with Gasteiger partial charge in [0.25, 0.3) is 0 Å². The van der Waals surface area contributed by atoms with Gasteiger partial charge in [-0.05, 0) is 56.9 Å². The van der Waals surface area contributed by atoms with Crippen molar-refractivity contribution < 1.29 is 24.5 Å². The fourth-order valence-electron chi connectivity index (χ4n) is 4.26. The number of aliphatic hydroxyl groups is 2. The van der Waals surface area contributed by atoms with Crippen molar-refractivity contribution in [2.75, 3.05) is 20.3 Å². The van der Waals surface area contributed by atoms with Crippen molar-refractivity contribution in [3.63, 3.8) is 0 Å². The first-order valence-corrected chi connectivity index (χ1v) is 10.9. The van der Waals surface area contributed by atoms with Gasteiger partial charge in [0.1, 0.15) is 17.0 Å². The van der Waals surface area contributed by atoms with Gasteiger partial charge in [-0.2, -0.15) is 0 Å². The van der Waals surface area contributed by atoms with E-state index in [1.54, 1.807) is 18.1 Å². The highest BCUT2D eigenvalue weighted by atomic mass is 16.6. The highest BCUT2D eigenvalue weighted by molar-refractivity contribution is 5.73. The second-order valence-corrected chi connectivity index (χ2v) is 9.11. The van der Waals surface area contributed by atoms with Gasteiger partial charge in [0.15, 0.2) is 0 Å². The van der Waals surface area contributed by atoms with E-state index in [9.17, 15) is 15.0 Å². The molecule has 0 radical (unpaired) electrons. The molecule has 1 aliphatic rings. The van der Waals surface area contributed by atoms with Crippen LogP contribution in [0.5, 0.6) is 5.75 Å². The number of likely N-dealkylation sites (tertiary alicyclic amines) is 1. The molecule has 6 heteroatoms. The third kappa shape index (κ3) is 5.31. The number of nitrogens with zero attached hydrogens (tertiary/aromatic N) is 1. The number of para-hydroxylation sites is 1. The molecule has 0 bridgehead atoms. The van der Waals surface area contributed by atoms with Crippen LogP contribution in [0.2, 0.25) is 0 Å². The summed E-state index contributed by atoms with van der Waals surface area (Å²) in [6.07, 6.45) is 2.24. The largest absolute Gasteiger partial charge is 0.496 e. The summed E-state index contributed by atoms with van der Waals surface area (Å²) in [5.41, 5.74) is -0.0227. The van der Waals surface area contributed by atoms with Gasteiger partial charge in [-0.15, -0.1) is 0 Å². The number of rotatable bonds is 5. The number of carbonyl (C=O) groups is 1. The van der Waals surface area contributed by atoms with Crippen molar-refractivity contribution >= 4 is 11.7 Å². The van der Waals surface area contributed by atoms with Gasteiger partial charge in [0.05, 0.1) is 19.8 Å². The Labute approximate surface area is 190 Å². The third-order valence-corrected chi connectivity index (χ3v) is 5.55. The number of piperidine rings is 1. The van der Waals surface area contributed by atoms with Crippen LogP contribution >= 0.6 is 0 Å². The normalized spacial score (nSPS) is 21.9. The lowest BCUT2D eigenvalue weighted by atomic mass is 9.78. The molecule has 1 heterocycles. The van der Waals surface area contributed by atoms with Crippen molar-refractivity contribution in [3.05, 3.63) is 71.8 Å². The first-order valence-electron chi connectivity index (χ1n) is 10.9. The Morgan fingerprint density at radius 2 is 1.81 bits per heavy atom. The number of benzene rings is 2. The molecule has 2 aromatic carbocycles. The Bertz CT molecular complexity index is 950. The fraction of sp³-hybridized carbons (Fsp3) is 0.423. The first-order chi connectivity index (χ1) is 15.2. The van der Waals surface area contributed by atoms with Crippen molar-refractivity contribution in [2.45, 2.75) is 50.9 Å². The van der Waals surface area contributed by atoms with Crippen LogP contribution in [0.25, 0.3) is 5.57 Å². The van der Waals surface area contributed by atoms with Crippen LogP contribution in [0.1, 0.15) is 50.8 Å². The SMILES string of the molecule is COc1ccccc1/C(=C/[C@]1(O)CCCN(C(=O)OC(C)(C)C)[C@H]1c1ccccc1)CO. The second kappa shape index (κ2) is 9.76. The molecule has 2 atom stereocenters. The molecule has 2 aromatic rings. The average Bonchev–Trinajstić information content (AvgIpc) is 2.76. The minimum Gasteiger partial charge on any atom is -0.496 e. The molecule has 0 spiro atoms. The molecule has 2 N–H and O–H groups in total. The number of ether oxygens (including phenoxy) is 2. The molecule has 1 aliphatic heterocycles. The lowest BCUT2D eigenvalue weighted by Crippen LogP contribution is -2.53. The molecule has 1 amide bonds. The molecular weight excluding hydrogens is 406 g/mol. The Balaban J connectivity index is 2.10. The summed E-state index contributed by atoms with van der Waals surface area (Å²) in [4.78, 5) is 14.7. The number of amides is 1. The molecule has 6 nitrogen and oxygen atoms in total. The maximum Gasteiger partial charge on any atom is 0.410 e. The predicted molar refractivity (Wildman–Crippen MR) is 124 cm³/mol. The van der Waals surface area contributed by atoms with E-state index in [1.807, 2.05) is 75.4 Å². The smallest absolute Gasteiger partial charge is 0.410 e. The zero-order valence-corrected chi connectivity index (χ0v) is 19.2. The lowest BCUT2D eigenvalue weighted by Gasteiger charge is -2.46. The standard InChI is InChI=1S/C26H33NO5/c1-25(2,3)32-24(29)27-16-10-15-26(30,23(27)19-11-6-5-7-12-19)17-20(18-28)21-13-8-9-14-22(21)31-4/h5-9,11-14,17,23,28,30H,10,15-16,18H2,1-4H3/b20-17+/t23-,26+/m0/s1. The van der Waals surface area contributed by atoms with Crippen LogP contribution < -0.4 is 4.74 Å². The summed E-state index contributed by atoms with van der Waals surface area (Å²) in [5, 5.41) is 22.1. The van der Waals surface area contributed by atoms with Crippen LogP contribution in [0.4, 0.5) is 4.79 Å². The summed E-state index contributed by atoms with van der Waals surface area (Å²) in [6.45, 7) is 5.66. The van der Waals surface area contributed by atoms with E-state index < -0.39 is 23.3 Å². The minimum absolute atomic E-state index is 0.281. The molecular formula is C26H33NO5. The van der Waals surface area contributed by atoms with Crippen molar-refractivity contribution in [1.29, 1.82) is 0 Å². The van der Waals surface area contributed by atoms with Gasteiger partial charge in [0.2, 0.25) is 0 Å². The Morgan fingerprint density at radius 1 is 1.16 bits per heavy atom. The Hall–Kier alpha value is -2.83. The van der Waals surface area contributed by atoms with Gasteiger partial charge in [-0.3, -0.25) is 4.90 Å². The summed E-state index contributed by atoms with van der Waals surface area (Å²) >= 11 is 0. The third-order valence-electron chi connectivity index (χ3n) is 5.55. The van der Waals surface area contributed by atoms with Gasteiger partial charge in [-0.1, -0.05) is 48.5 Å². The molecule has 172 valence electrons. The number of carbonyl (C=O) groups excluding carboxylic acids is 1. The van der Waals surface area contributed by atoms with Crippen LogP contribution in [0, 0.1) is 0 Å². The molecule has 0 unspecified atom stereocenters. The zero-order valence-electron chi connectivity index (χ0n) is 19.2. The number of hydrogen-bond acceptors (Lipinski definition) is 5. The maximum absolute atomic E-state index is 13.1. The molecule has 0 saturated carbocycles. The van der Waals surface area contributed by atoms with E-state index in [2.05, 4.69) is 0 Å². The molecule has 3 rings (SSSR count). The van der Waals surface area contributed by atoms with E-state index >= 15 is 0 Å². The van der Waals surface area contributed by atoms with E-state index in [-0.39, 0.29) is 6.61 Å². The van der Waals surface area contributed by atoms with E-state index in [4.69, 9.17) is 9.47 Å². The molecule has 0 aliphatic carbocycles. The molecule has 0 aromatic heterocycles. The molecule has 1 saturated heterocycles. The van der Waals surface area contributed by atoms with Crippen LogP contribution in [0.15, 0.2) is 60.7 Å². The minimum atomic E-state index is -1.41. The van der Waals surface area contributed by atoms with E-state index in [0.717, 1.165) is 5.56 Å². The lowest BCUT2D eigenvalue weighted by molar-refractivity contribution is -0.0583. The number of methoxy groups -OCH3 is 1. The number of hydrogen-bond donors (Lipinski definition) is 2. The summed E-state index contributed by atoms with van der Waals surface area (Å²) in [6, 6.07) is 16.2. The van der Waals surface area contributed by atoms with Gasteiger partial charge < -0.3 is 19.7 Å². The van der Waals surface area contributed by atoms with Crippen LogP contribution in [-0.4, -0.2) is 52.7 Å². The Kier molecular flexibility index (Phi) is 7.26. The summed E-state index contributed by atoms with van der Waals surface area (Å²) in [7, 11) is 1.57. The second-order valence-electron chi connectivity index (χ2n) is 9.11. The van der Waals surface area contributed by atoms with Gasteiger partial charge in [0, 0.05) is 12.1 Å². The van der Waals surface area contributed by atoms with E-state index in [1.165, 1.54) is 0 Å². The maximum atomic E-state index is 13.1. The highest BCUT2D eigenvalue weighted by Gasteiger charge is 2.46. The van der Waals surface area contributed by atoms with Crippen LogP contribution in [-0.2, 0) is 4.74 Å². The predicted octanol–water partition coefficient (Wildman–Crippen LogP) is 4.57. The topological polar surface area (TPSA) is 79.2 Å². The molecule has 1 fully saturated rings. The van der Waals surface area contributed by atoms with Crippen molar-refractivity contribution in [2.24, 2.45) is 0 Å². The quantitative estimate of drug-likeness (QED) is 0.713. The zero-order chi connectivity index (χ0) is 23.4. The molecule has 32 heavy (non-hydrogen) atoms. The van der Waals surface area contributed by atoms with Gasteiger partial charge in [-0.25, -0.2) is 4.79 Å². The first kappa shape index (κ1) is 23.8. The van der Waals surface area contributed by atoms with Crippen molar-refractivity contribution in [1.82, 2.24) is 4.90 Å².